The summed E-state index contributed by atoms with van der Waals surface area (Å²) in [6.07, 6.45) is 0.507. The number of halogens is 2. The molecule has 21 heavy (non-hydrogen) atoms. The first-order valence-electron chi connectivity index (χ1n) is 6.31. The van der Waals surface area contributed by atoms with E-state index in [0.29, 0.717) is 25.0 Å². The fraction of sp³-hybridized carbons (Fsp3) is 0.462. The molecule has 0 spiro atoms. The van der Waals surface area contributed by atoms with Gasteiger partial charge in [-0.2, -0.15) is 0 Å². The Kier molecular flexibility index (Phi) is 4.29. The molecule has 2 atom stereocenters. The van der Waals surface area contributed by atoms with E-state index in [2.05, 4.69) is 0 Å². The normalized spacial score (nSPS) is 22.4. The van der Waals surface area contributed by atoms with Crippen LogP contribution in [-0.4, -0.2) is 37.5 Å². The van der Waals surface area contributed by atoms with Crippen LogP contribution in [0, 0.1) is 11.6 Å². The van der Waals surface area contributed by atoms with Crippen LogP contribution >= 0.6 is 0 Å². The van der Waals surface area contributed by atoms with Crippen molar-refractivity contribution in [1.82, 2.24) is 0 Å². The molecule has 1 saturated heterocycles. The number of benzene rings is 1. The Hall–Kier alpha value is -1.54. The lowest BCUT2D eigenvalue weighted by molar-refractivity contribution is 0.0688. The number of rotatable bonds is 4. The third-order valence-corrected chi connectivity index (χ3v) is 5.08. The number of sulfone groups is 1. The molecule has 0 amide bonds. The maximum absolute atomic E-state index is 13.7. The minimum absolute atomic E-state index is 0.0860. The van der Waals surface area contributed by atoms with Crippen molar-refractivity contribution in [3.63, 3.8) is 0 Å². The highest BCUT2D eigenvalue weighted by atomic mass is 32.2. The predicted octanol–water partition coefficient (Wildman–Crippen LogP) is 2.00. The van der Waals surface area contributed by atoms with Gasteiger partial charge >= 0.3 is 5.97 Å². The first kappa shape index (κ1) is 15.8. The van der Waals surface area contributed by atoms with Gasteiger partial charge in [0.15, 0.2) is 21.5 Å². The molecule has 0 bridgehead atoms. The molecular weight excluding hydrogens is 306 g/mol. The lowest BCUT2D eigenvalue weighted by Crippen LogP contribution is -2.22. The molecule has 0 saturated carbocycles. The van der Waals surface area contributed by atoms with Crippen LogP contribution < -0.4 is 0 Å². The minimum atomic E-state index is -4.18. The number of aromatic carboxylic acids is 1. The van der Waals surface area contributed by atoms with Gasteiger partial charge in [0.1, 0.15) is 4.90 Å². The molecule has 0 aromatic heterocycles. The molecule has 1 aliphatic rings. The van der Waals surface area contributed by atoms with Gasteiger partial charge in [0.2, 0.25) is 0 Å². The van der Waals surface area contributed by atoms with E-state index in [-0.39, 0.29) is 6.10 Å². The first-order chi connectivity index (χ1) is 9.70. The Labute approximate surface area is 120 Å². The highest BCUT2D eigenvalue weighted by Crippen LogP contribution is 2.26. The van der Waals surface area contributed by atoms with E-state index < -0.39 is 49.8 Å². The first-order valence-corrected chi connectivity index (χ1v) is 7.96. The molecule has 2 unspecified atom stereocenters. The summed E-state index contributed by atoms with van der Waals surface area (Å²) in [6, 6.07) is 1.08. The molecule has 1 heterocycles. The number of hydrogen-bond acceptors (Lipinski definition) is 4. The lowest BCUT2D eigenvalue weighted by atomic mass is 10.2. The molecule has 116 valence electrons. The van der Waals surface area contributed by atoms with Gasteiger partial charge < -0.3 is 9.84 Å². The van der Waals surface area contributed by atoms with Gasteiger partial charge in [-0.25, -0.2) is 22.0 Å². The van der Waals surface area contributed by atoms with Gasteiger partial charge in [0, 0.05) is 0 Å². The monoisotopic (exact) mass is 320 g/mol. The zero-order chi connectivity index (χ0) is 15.8. The highest BCUT2D eigenvalue weighted by Gasteiger charge is 2.31. The lowest BCUT2D eigenvalue weighted by Gasteiger charge is -2.13. The van der Waals surface area contributed by atoms with E-state index in [1.54, 1.807) is 6.92 Å². The van der Waals surface area contributed by atoms with Crippen LogP contribution in [0.5, 0.6) is 0 Å². The number of hydrogen-bond donors (Lipinski definition) is 1. The van der Waals surface area contributed by atoms with E-state index in [0.717, 1.165) is 0 Å². The fourth-order valence-electron chi connectivity index (χ4n) is 2.26. The summed E-state index contributed by atoms with van der Waals surface area (Å²) in [6.45, 7) is 1.79. The van der Waals surface area contributed by atoms with Crippen molar-refractivity contribution in [2.24, 2.45) is 0 Å². The van der Waals surface area contributed by atoms with Crippen molar-refractivity contribution in [3.05, 3.63) is 29.3 Å². The van der Waals surface area contributed by atoms with E-state index in [1.807, 2.05) is 0 Å². The van der Waals surface area contributed by atoms with Crippen LogP contribution in [0.2, 0.25) is 0 Å². The summed E-state index contributed by atoms with van der Waals surface area (Å²) in [4.78, 5) is 9.88. The van der Waals surface area contributed by atoms with E-state index >= 15 is 0 Å². The quantitative estimate of drug-likeness (QED) is 0.918. The SMILES string of the molecule is CC1CCC(CS(=O)(=O)c2cc(C(=O)O)cc(F)c2F)O1. The van der Waals surface area contributed by atoms with E-state index in [1.165, 1.54) is 0 Å². The zero-order valence-electron chi connectivity index (χ0n) is 11.2. The Balaban J connectivity index is 2.37. The summed E-state index contributed by atoms with van der Waals surface area (Å²) in [7, 11) is -4.18. The summed E-state index contributed by atoms with van der Waals surface area (Å²) < 4.78 is 56.8. The Morgan fingerprint density at radius 3 is 2.57 bits per heavy atom. The molecule has 5 nitrogen and oxygen atoms in total. The highest BCUT2D eigenvalue weighted by molar-refractivity contribution is 7.91. The van der Waals surface area contributed by atoms with E-state index in [4.69, 9.17) is 9.84 Å². The van der Waals surface area contributed by atoms with E-state index in [9.17, 15) is 22.0 Å². The molecule has 1 aromatic carbocycles. The molecular formula is C13H14F2O5S. The molecule has 1 N–H and O–H groups in total. The van der Waals surface area contributed by atoms with Crippen molar-refractivity contribution in [3.8, 4) is 0 Å². The van der Waals surface area contributed by atoms with Crippen LogP contribution in [0.1, 0.15) is 30.1 Å². The Morgan fingerprint density at radius 1 is 1.38 bits per heavy atom. The van der Waals surface area contributed by atoms with Crippen molar-refractivity contribution in [2.45, 2.75) is 36.9 Å². The Morgan fingerprint density at radius 2 is 2.05 bits per heavy atom. The number of carboxylic acids is 1. The Bertz CT molecular complexity index is 671. The molecule has 8 heteroatoms. The van der Waals surface area contributed by atoms with Crippen LogP contribution in [-0.2, 0) is 14.6 Å². The van der Waals surface area contributed by atoms with Gasteiger partial charge in [-0.1, -0.05) is 0 Å². The van der Waals surface area contributed by atoms with Gasteiger partial charge in [-0.05, 0) is 31.9 Å². The maximum Gasteiger partial charge on any atom is 0.335 e. The average Bonchev–Trinajstić information content (AvgIpc) is 2.76. The van der Waals surface area contributed by atoms with Gasteiger partial charge in [-0.15, -0.1) is 0 Å². The standard InChI is InChI=1S/C13H14F2O5S/c1-7-2-3-9(20-7)6-21(18,19)11-5-8(13(16)17)4-10(14)12(11)15/h4-5,7,9H,2-3,6H2,1H3,(H,16,17). The minimum Gasteiger partial charge on any atom is -0.478 e. The molecule has 1 aliphatic heterocycles. The molecule has 1 fully saturated rings. The molecule has 0 aliphatic carbocycles. The van der Waals surface area contributed by atoms with Crippen molar-refractivity contribution in [2.75, 3.05) is 5.75 Å². The third-order valence-electron chi connectivity index (χ3n) is 3.30. The summed E-state index contributed by atoms with van der Waals surface area (Å²) in [5.74, 6) is -5.10. The van der Waals surface area contributed by atoms with Crippen LogP contribution in [0.25, 0.3) is 0 Å². The van der Waals surface area contributed by atoms with Gasteiger partial charge in [0.25, 0.3) is 0 Å². The van der Waals surface area contributed by atoms with Gasteiger partial charge in [-0.3, -0.25) is 0 Å². The van der Waals surface area contributed by atoms with Crippen molar-refractivity contribution >= 4 is 15.8 Å². The number of carbonyl (C=O) groups is 1. The van der Waals surface area contributed by atoms with Crippen LogP contribution in [0.15, 0.2) is 17.0 Å². The third kappa shape index (κ3) is 3.38. The second-order valence-corrected chi connectivity index (χ2v) is 7.01. The molecule has 1 aromatic rings. The number of ether oxygens (including phenoxy) is 1. The second-order valence-electron chi connectivity index (χ2n) is 5.00. The summed E-state index contributed by atoms with van der Waals surface area (Å²) >= 11 is 0. The maximum atomic E-state index is 13.7. The molecule has 2 rings (SSSR count). The molecule has 0 radical (unpaired) electrons. The zero-order valence-corrected chi connectivity index (χ0v) is 12.0. The summed E-state index contributed by atoms with van der Waals surface area (Å²) in [5.41, 5.74) is -0.617. The van der Waals surface area contributed by atoms with Crippen LogP contribution in [0.3, 0.4) is 0 Å². The summed E-state index contributed by atoms with van der Waals surface area (Å²) in [5, 5.41) is 8.80. The second kappa shape index (κ2) is 5.69. The topological polar surface area (TPSA) is 80.7 Å². The fourth-order valence-corrected chi connectivity index (χ4v) is 3.85. The predicted molar refractivity (Wildman–Crippen MR) is 68.9 cm³/mol. The van der Waals surface area contributed by atoms with Crippen molar-refractivity contribution < 1.29 is 31.8 Å². The average molecular weight is 320 g/mol. The largest absolute Gasteiger partial charge is 0.478 e. The smallest absolute Gasteiger partial charge is 0.335 e. The van der Waals surface area contributed by atoms with Crippen LogP contribution in [0.4, 0.5) is 8.78 Å². The van der Waals surface area contributed by atoms with Gasteiger partial charge in [0.05, 0.1) is 23.5 Å². The van der Waals surface area contributed by atoms with Crippen molar-refractivity contribution in [1.29, 1.82) is 0 Å². The number of carboxylic acid groups (broad SMARTS) is 1.